The molecule has 4 heterocycles. The summed E-state index contributed by atoms with van der Waals surface area (Å²) >= 11 is 0. The van der Waals surface area contributed by atoms with Crippen LogP contribution in [0.1, 0.15) is 54.3 Å². The maximum Gasteiger partial charge on any atom is 0.255 e. The molecule has 3 fully saturated rings. The number of hydrogen-bond acceptors (Lipinski definition) is 5. The highest BCUT2D eigenvalue weighted by Crippen LogP contribution is 2.32. The van der Waals surface area contributed by atoms with Gasteiger partial charge in [-0.05, 0) is 57.2 Å². The number of carbonyl (C=O) groups is 1. The molecule has 1 saturated carbocycles. The van der Waals surface area contributed by atoms with Crippen LogP contribution in [0, 0.1) is 5.92 Å². The van der Waals surface area contributed by atoms with Gasteiger partial charge in [0.1, 0.15) is 0 Å². The van der Waals surface area contributed by atoms with E-state index in [1.165, 1.54) is 25.8 Å². The van der Waals surface area contributed by atoms with Crippen molar-refractivity contribution in [2.45, 2.75) is 38.1 Å². The first-order chi connectivity index (χ1) is 13.7. The van der Waals surface area contributed by atoms with Crippen LogP contribution in [0.15, 0.2) is 18.3 Å². The topological polar surface area (TPSA) is 57.0 Å². The summed E-state index contributed by atoms with van der Waals surface area (Å²) in [7, 11) is 2.17. The Morgan fingerprint density at radius 2 is 1.89 bits per heavy atom. The Hall–Kier alpha value is -1.99. The Kier molecular flexibility index (Phi) is 4.80. The van der Waals surface area contributed by atoms with E-state index >= 15 is 0 Å². The molecule has 7 heteroatoms. The Morgan fingerprint density at radius 1 is 1.07 bits per heavy atom. The lowest BCUT2D eigenvalue weighted by atomic mass is 10.1. The lowest BCUT2D eigenvalue weighted by Crippen LogP contribution is -2.47. The summed E-state index contributed by atoms with van der Waals surface area (Å²) in [6.07, 6.45) is 8.16. The Labute approximate surface area is 166 Å². The second kappa shape index (κ2) is 7.44. The molecule has 2 aliphatic heterocycles. The monoisotopic (exact) mass is 382 g/mol. The fraction of sp³-hybridized carbons (Fsp3) is 0.667. The number of likely N-dealkylation sites (N-methyl/N-ethyl adjacent to an activating group) is 1. The van der Waals surface area contributed by atoms with Crippen molar-refractivity contribution in [2.24, 2.45) is 5.92 Å². The maximum absolute atomic E-state index is 13.0. The van der Waals surface area contributed by atoms with E-state index < -0.39 is 0 Å². The lowest BCUT2D eigenvalue weighted by molar-refractivity contribution is 0.0723. The number of aromatic nitrogens is 3. The first kappa shape index (κ1) is 18.1. The molecular weight excluding hydrogens is 352 g/mol. The van der Waals surface area contributed by atoms with Crippen LogP contribution in [0.4, 0.5) is 0 Å². The molecule has 0 N–H and O–H groups in total. The highest BCUT2D eigenvalue weighted by molar-refractivity contribution is 5.94. The smallest absolute Gasteiger partial charge is 0.255 e. The lowest BCUT2D eigenvalue weighted by Gasteiger charge is -2.38. The van der Waals surface area contributed by atoms with E-state index in [9.17, 15) is 4.79 Å². The second-order valence-corrected chi connectivity index (χ2v) is 8.76. The summed E-state index contributed by atoms with van der Waals surface area (Å²) in [4.78, 5) is 19.9. The molecule has 0 radical (unpaired) electrons. The largest absolute Gasteiger partial charge is 0.339 e. The molecule has 0 aromatic carbocycles. The van der Waals surface area contributed by atoms with Crippen molar-refractivity contribution in [3.05, 3.63) is 29.7 Å². The third-order valence-corrected chi connectivity index (χ3v) is 6.56. The zero-order chi connectivity index (χ0) is 19.1. The van der Waals surface area contributed by atoms with E-state index in [1.807, 2.05) is 27.6 Å². The molecule has 150 valence electrons. The van der Waals surface area contributed by atoms with Gasteiger partial charge in [-0.15, -0.1) is 10.2 Å². The van der Waals surface area contributed by atoms with Crippen LogP contribution in [0.25, 0.3) is 5.65 Å². The third kappa shape index (κ3) is 3.53. The Morgan fingerprint density at radius 3 is 2.68 bits per heavy atom. The molecular formula is C21H30N6O. The van der Waals surface area contributed by atoms with Crippen LogP contribution in [0.5, 0.6) is 0 Å². The molecule has 2 aromatic heterocycles. The summed E-state index contributed by atoms with van der Waals surface area (Å²) in [6.45, 7) is 6.09. The second-order valence-electron chi connectivity index (χ2n) is 8.76. The van der Waals surface area contributed by atoms with Crippen molar-refractivity contribution in [1.82, 2.24) is 29.3 Å². The van der Waals surface area contributed by atoms with Gasteiger partial charge in [-0.3, -0.25) is 19.0 Å². The normalized spacial score (nSPS) is 24.8. The minimum Gasteiger partial charge on any atom is -0.339 e. The van der Waals surface area contributed by atoms with Crippen LogP contribution in [-0.4, -0.2) is 81.5 Å². The predicted octanol–water partition coefficient (Wildman–Crippen LogP) is 2.05. The summed E-state index contributed by atoms with van der Waals surface area (Å²) in [5.74, 6) is 1.98. The minimum atomic E-state index is 0.133. The van der Waals surface area contributed by atoms with Gasteiger partial charge in [0, 0.05) is 45.5 Å². The van der Waals surface area contributed by atoms with Crippen LogP contribution in [0.2, 0.25) is 0 Å². The van der Waals surface area contributed by atoms with Crippen molar-refractivity contribution in [3.8, 4) is 0 Å². The van der Waals surface area contributed by atoms with Gasteiger partial charge in [-0.2, -0.15) is 0 Å². The molecule has 2 aromatic rings. The molecule has 7 nitrogen and oxygen atoms in total. The molecule has 1 amide bonds. The summed E-state index contributed by atoms with van der Waals surface area (Å²) in [5.41, 5.74) is 1.56. The Balaban J connectivity index is 1.41. The number of rotatable bonds is 4. The maximum atomic E-state index is 13.0. The number of nitrogens with zero attached hydrogens (tertiary/aromatic N) is 6. The summed E-state index contributed by atoms with van der Waals surface area (Å²) < 4.78 is 2.04. The fourth-order valence-electron chi connectivity index (χ4n) is 4.58. The SMILES string of the molecule is CN1CCN(CC2CC2)CC1c1nnc2ccc(C(=O)N3CCCCC3)cn12. The number of fused-ring (bicyclic) bond motifs is 1. The third-order valence-electron chi connectivity index (χ3n) is 6.56. The number of hydrogen-bond donors (Lipinski definition) is 0. The zero-order valence-electron chi connectivity index (χ0n) is 16.8. The van der Waals surface area contributed by atoms with Crippen LogP contribution < -0.4 is 0 Å². The molecule has 1 atom stereocenters. The number of carbonyl (C=O) groups excluding carboxylic acids is 1. The quantitative estimate of drug-likeness (QED) is 0.810. The molecule has 1 aliphatic carbocycles. The molecule has 1 unspecified atom stereocenters. The van der Waals surface area contributed by atoms with Crippen molar-refractivity contribution < 1.29 is 4.79 Å². The standard InChI is InChI=1S/C21H30N6O/c1-24-11-12-25(13-16-5-6-16)15-18(24)20-23-22-19-8-7-17(14-27(19)20)21(28)26-9-3-2-4-10-26/h7-8,14,16,18H,2-6,9-13,15H2,1H3. The highest BCUT2D eigenvalue weighted by Gasteiger charge is 2.32. The van der Waals surface area contributed by atoms with Crippen molar-refractivity contribution >= 4 is 11.6 Å². The molecule has 0 bridgehead atoms. The highest BCUT2D eigenvalue weighted by atomic mass is 16.2. The van der Waals surface area contributed by atoms with Gasteiger partial charge >= 0.3 is 0 Å². The van der Waals surface area contributed by atoms with E-state index in [-0.39, 0.29) is 11.9 Å². The van der Waals surface area contributed by atoms with Crippen molar-refractivity contribution in [3.63, 3.8) is 0 Å². The van der Waals surface area contributed by atoms with Crippen molar-refractivity contribution in [2.75, 3.05) is 46.3 Å². The van der Waals surface area contributed by atoms with E-state index in [0.717, 1.165) is 68.5 Å². The average Bonchev–Trinajstić information content (AvgIpc) is 3.45. The minimum absolute atomic E-state index is 0.133. The first-order valence-electron chi connectivity index (χ1n) is 10.8. The molecule has 3 aliphatic rings. The molecule has 28 heavy (non-hydrogen) atoms. The van der Waals surface area contributed by atoms with E-state index in [4.69, 9.17) is 0 Å². The average molecular weight is 383 g/mol. The summed E-state index contributed by atoms with van der Waals surface area (Å²) in [5, 5.41) is 8.91. The number of likely N-dealkylation sites (tertiary alicyclic amines) is 1. The van der Waals surface area contributed by atoms with Gasteiger partial charge in [-0.1, -0.05) is 0 Å². The molecule has 0 spiro atoms. The number of piperazine rings is 1. The first-order valence-corrected chi connectivity index (χ1v) is 10.8. The van der Waals surface area contributed by atoms with Gasteiger partial charge in [0.15, 0.2) is 11.5 Å². The van der Waals surface area contributed by atoms with Gasteiger partial charge in [0.2, 0.25) is 0 Å². The van der Waals surface area contributed by atoms with Crippen LogP contribution in [-0.2, 0) is 0 Å². The van der Waals surface area contributed by atoms with Gasteiger partial charge in [-0.25, -0.2) is 0 Å². The molecule has 2 saturated heterocycles. The number of piperidine rings is 1. The van der Waals surface area contributed by atoms with Crippen LogP contribution in [0.3, 0.4) is 0 Å². The van der Waals surface area contributed by atoms with E-state index in [1.54, 1.807) is 0 Å². The van der Waals surface area contributed by atoms with E-state index in [0.29, 0.717) is 0 Å². The summed E-state index contributed by atoms with van der Waals surface area (Å²) in [6, 6.07) is 4.04. The predicted molar refractivity (Wildman–Crippen MR) is 107 cm³/mol. The fourth-order valence-corrected chi connectivity index (χ4v) is 4.58. The van der Waals surface area contributed by atoms with E-state index in [2.05, 4.69) is 27.0 Å². The van der Waals surface area contributed by atoms with Gasteiger partial charge < -0.3 is 4.90 Å². The van der Waals surface area contributed by atoms with Gasteiger partial charge in [0.25, 0.3) is 5.91 Å². The van der Waals surface area contributed by atoms with Crippen molar-refractivity contribution in [1.29, 1.82) is 0 Å². The molecule has 5 rings (SSSR count). The number of pyridine rings is 1. The van der Waals surface area contributed by atoms with Crippen LogP contribution >= 0.6 is 0 Å². The number of amides is 1. The van der Waals surface area contributed by atoms with Gasteiger partial charge in [0.05, 0.1) is 11.6 Å². The Bertz CT molecular complexity index is 854. The zero-order valence-corrected chi connectivity index (χ0v) is 16.8.